The van der Waals surface area contributed by atoms with Crippen molar-refractivity contribution in [2.45, 2.75) is 26.7 Å². The number of nitrogens with zero attached hydrogens (tertiary/aromatic N) is 4. The molecule has 0 atom stereocenters. The van der Waals surface area contributed by atoms with E-state index < -0.39 is 11.7 Å². The molecule has 1 aromatic heterocycles. The summed E-state index contributed by atoms with van der Waals surface area (Å²) >= 11 is 1.52. The number of piperazine rings is 1. The van der Waals surface area contributed by atoms with Crippen molar-refractivity contribution >= 4 is 34.6 Å². The number of benzene rings is 1. The van der Waals surface area contributed by atoms with Gasteiger partial charge in [0.15, 0.2) is 0 Å². The van der Waals surface area contributed by atoms with Gasteiger partial charge in [-0.3, -0.25) is 24.2 Å². The van der Waals surface area contributed by atoms with Crippen molar-refractivity contribution in [2.24, 2.45) is 0 Å². The molecule has 3 heterocycles. The Morgan fingerprint density at radius 1 is 1.17 bits per heavy atom. The molecular weight excluding hydrogens is 388 g/mol. The zero-order valence-electron chi connectivity index (χ0n) is 16.7. The summed E-state index contributed by atoms with van der Waals surface area (Å²) in [6.07, 6.45) is 1.16. The fourth-order valence-electron chi connectivity index (χ4n) is 3.77. The summed E-state index contributed by atoms with van der Waals surface area (Å²) in [7, 11) is 0. The maximum atomic E-state index is 12.5. The number of hydrogen-bond acceptors (Lipinski definition) is 6. The Morgan fingerprint density at radius 3 is 2.59 bits per heavy atom. The summed E-state index contributed by atoms with van der Waals surface area (Å²) in [6, 6.07) is 5.66. The molecule has 1 saturated heterocycles. The molecule has 1 fully saturated rings. The van der Waals surface area contributed by atoms with Gasteiger partial charge in [0.05, 0.1) is 24.3 Å². The van der Waals surface area contributed by atoms with E-state index in [4.69, 9.17) is 0 Å². The zero-order chi connectivity index (χ0) is 20.5. The first-order valence-electron chi connectivity index (χ1n) is 9.86. The highest BCUT2D eigenvalue weighted by molar-refractivity contribution is 7.09. The van der Waals surface area contributed by atoms with Crippen molar-refractivity contribution in [3.8, 4) is 0 Å². The largest absolute Gasteiger partial charge is 0.340 e. The van der Waals surface area contributed by atoms with Crippen LogP contribution in [0.25, 0.3) is 0 Å². The van der Waals surface area contributed by atoms with Gasteiger partial charge in [-0.15, -0.1) is 11.3 Å². The number of Topliss-reactive ketones (excluding diaryl/α,β-unsaturated/α-hetero) is 1. The van der Waals surface area contributed by atoms with Crippen molar-refractivity contribution in [3.63, 3.8) is 0 Å². The molecule has 7 nitrogen and oxygen atoms in total. The molecule has 8 heteroatoms. The first kappa shape index (κ1) is 19.7. The van der Waals surface area contributed by atoms with Gasteiger partial charge in [0.25, 0.3) is 5.78 Å². The molecule has 2 aliphatic heterocycles. The Kier molecular flexibility index (Phi) is 5.47. The lowest BCUT2D eigenvalue weighted by atomic mass is 10.1. The first-order chi connectivity index (χ1) is 14.0. The van der Waals surface area contributed by atoms with E-state index in [1.165, 1.54) is 11.3 Å². The van der Waals surface area contributed by atoms with E-state index in [-0.39, 0.29) is 5.91 Å². The normalized spacial score (nSPS) is 17.2. The summed E-state index contributed by atoms with van der Waals surface area (Å²) in [6.45, 7) is 6.89. The van der Waals surface area contributed by atoms with Gasteiger partial charge in [0.2, 0.25) is 5.91 Å². The number of rotatable bonds is 5. The van der Waals surface area contributed by atoms with Crippen molar-refractivity contribution in [2.75, 3.05) is 37.7 Å². The average molecular weight is 413 g/mol. The van der Waals surface area contributed by atoms with Gasteiger partial charge >= 0.3 is 5.91 Å². The summed E-state index contributed by atoms with van der Waals surface area (Å²) in [5.41, 5.74) is 3.19. The van der Waals surface area contributed by atoms with Gasteiger partial charge in [0.1, 0.15) is 5.01 Å². The molecule has 0 radical (unpaired) electrons. The summed E-state index contributed by atoms with van der Waals surface area (Å²) in [5.74, 6) is -0.808. The van der Waals surface area contributed by atoms with Crippen LogP contribution in [0.5, 0.6) is 0 Å². The Morgan fingerprint density at radius 2 is 1.93 bits per heavy atom. The van der Waals surface area contributed by atoms with Crippen LogP contribution < -0.4 is 4.90 Å². The third-order valence-corrected chi connectivity index (χ3v) is 6.45. The summed E-state index contributed by atoms with van der Waals surface area (Å²) < 4.78 is 0. The minimum atomic E-state index is -0.467. The topological polar surface area (TPSA) is 73.8 Å². The van der Waals surface area contributed by atoms with E-state index in [0.717, 1.165) is 22.7 Å². The number of carbonyl (C=O) groups is 3. The van der Waals surface area contributed by atoms with Crippen molar-refractivity contribution < 1.29 is 14.4 Å². The molecule has 152 valence electrons. The molecule has 2 aromatic rings. The highest BCUT2D eigenvalue weighted by Gasteiger charge is 2.37. The fourth-order valence-corrected chi connectivity index (χ4v) is 4.53. The van der Waals surface area contributed by atoms with E-state index in [2.05, 4.69) is 9.88 Å². The maximum Gasteiger partial charge on any atom is 0.300 e. The molecule has 0 aliphatic carbocycles. The molecule has 1 aromatic carbocycles. The second-order valence-corrected chi connectivity index (χ2v) is 8.41. The maximum absolute atomic E-state index is 12.5. The van der Waals surface area contributed by atoms with Crippen LogP contribution >= 0.6 is 11.3 Å². The van der Waals surface area contributed by atoms with Crippen LogP contribution in [0.15, 0.2) is 23.6 Å². The van der Waals surface area contributed by atoms with Crippen molar-refractivity contribution in [1.82, 2.24) is 14.8 Å². The fraction of sp³-hybridized carbons (Fsp3) is 0.429. The number of thiazole rings is 1. The Hall–Kier alpha value is -2.58. The molecule has 0 saturated carbocycles. The Bertz CT molecular complexity index is 963. The third-order valence-electron chi connectivity index (χ3n) is 5.48. The Labute approximate surface area is 173 Å². The molecule has 0 unspecified atom stereocenters. The van der Waals surface area contributed by atoms with Crippen LogP contribution in [-0.2, 0) is 22.4 Å². The summed E-state index contributed by atoms with van der Waals surface area (Å²) in [4.78, 5) is 47.3. The van der Waals surface area contributed by atoms with Gasteiger partial charge in [0, 0.05) is 37.3 Å². The van der Waals surface area contributed by atoms with Crippen LogP contribution in [-0.4, -0.2) is 65.2 Å². The lowest BCUT2D eigenvalue weighted by molar-refractivity contribution is -0.132. The first-order valence-corrected chi connectivity index (χ1v) is 10.7. The molecule has 4 rings (SSSR count). The second-order valence-electron chi connectivity index (χ2n) is 7.47. The molecule has 0 spiro atoms. The molecule has 2 aliphatic rings. The number of aromatic nitrogens is 1. The van der Waals surface area contributed by atoms with Crippen LogP contribution in [0.3, 0.4) is 0 Å². The predicted molar refractivity (Wildman–Crippen MR) is 111 cm³/mol. The smallest absolute Gasteiger partial charge is 0.300 e. The van der Waals surface area contributed by atoms with Crippen LogP contribution in [0, 0.1) is 6.92 Å². The quantitative estimate of drug-likeness (QED) is 0.701. The number of ketones is 1. The predicted octanol–water partition coefficient (Wildman–Crippen LogP) is 1.89. The summed E-state index contributed by atoms with van der Waals surface area (Å²) in [5, 5.41) is 2.80. The molecule has 2 amide bonds. The SMILES string of the molecule is CCc1ccc2c(c1)C(=O)C(=O)N2CN1CCN(C(=O)Cc2nc(C)cs2)CC1. The number of aryl methyl sites for hydroxylation is 2. The van der Waals surface area contributed by atoms with Crippen molar-refractivity contribution in [3.05, 3.63) is 45.4 Å². The van der Waals surface area contributed by atoms with Gasteiger partial charge in [-0.05, 0) is 31.0 Å². The van der Waals surface area contributed by atoms with Crippen molar-refractivity contribution in [1.29, 1.82) is 0 Å². The highest BCUT2D eigenvalue weighted by atomic mass is 32.1. The lowest BCUT2D eigenvalue weighted by Gasteiger charge is -2.36. The molecule has 0 bridgehead atoms. The van der Waals surface area contributed by atoms with E-state index in [1.54, 1.807) is 4.90 Å². The van der Waals surface area contributed by atoms with Crippen LogP contribution in [0.2, 0.25) is 0 Å². The minimum Gasteiger partial charge on any atom is -0.340 e. The van der Waals surface area contributed by atoms with E-state index in [0.29, 0.717) is 50.5 Å². The van der Waals surface area contributed by atoms with Crippen LogP contribution in [0.1, 0.15) is 33.5 Å². The van der Waals surface area contributed by atoms with Gasteiger partial charge in [-0.2, -0.15) is 0 Å². The monoisotopic (exact) mass is 412 g/mol. The molecule has 0 N–H and O–H groups in total. The number of amides is 2. The van der Waals surface area contributed by atoms with E-state index >= 15 is 0 Å². The van der Waals surface area contributed by atoms with Crippen LogP contribution in [0.4, 0.5) is 5.69 Å². The number of fused-ring (bicyclic) bond motifs is 1. The lowest BCUT2D eigenvalue weighted by Crippen LogP contribution is -2.52. The molecule has 29 heavy (non-hydrogen) atoms. The highest BCUT2D eigenvalue weighted by Crippen LogP contribution is 2.30. The Balaban J connectivity index is 1.36. The number of carbonyl (C=O) groups excluding carboxylic acids is 3. The van der Waals surface area contributed by atoms with E-state index in [1.807, 2.05) is 42.3 Å². The van der Waals surface area contributed by atoms with Gasteiger partial charge in [-0.25, -0.2) is 4.98 Å². The molecular formula is C21H24N4O3S. The second kappa shape index (κ2) is 8.04. The van der Waals surface area contributed by atoms with E-state index in [9.17, 15) is 14.4 Å². The third kappa shape index (κ3) is 3.95. The minimum absolute atomic E-state index is 0.0869. The van der Waals surface area contributed by atoms with Gasteiger partial charge < -0.3 is 4.90 Å². The van der Waals surface area contributed by atoms with Gasteiger partial charge in [-0.1, -0.05) is 13.0 Å². The zero-order valence-corrected chi connectivity index (χ0v) is 17.5. The average Bonchev–Trinajstić information content (AvgIpc) is 3.24. The number of anilines is 1. The number of hydrogen-bond donors (Lipinski definition) is 0. The standard InChI is InChI=1S/C21H24N4O3S/c1-3-15-4-5-17-16(10-15)20(27)21(28)25(17)13-23-6-8-24(9-7-23)19(26)11-18-22-14(2)12-29-18/h4-5,10,12H,3,6-9,11,13H2,1-2H3.